The molecule has 6 nitrogen and oxygen atoms in total. The summed E-state index contributed by atoms with van der Waals surface area (Å²) in [7, 11) is 0. The van der Waals surface area contributed by atoms with Crippen molar-refractivity contribution in [1.82, 2.24) is 0 Å². The van der Waals surface area contributed by atoms with Gasteiger partial charge in [0.2, 0.25) is 0 Å². The number of hydrogen-bond donors (Lipinski definition) is 0. The predicted octanol–water partition coefficient (Wildman–Crippen LogP) is 17.5. The molecule has 0 saturated carbocycles. The second-order valence-electron chi connectivity index (χ2n) is 18.2. The van der Waals surface area contributed by atoms with Crippen LogP contribution in [-0.2, 0) is 28.6 Å². The Hall–Kier alpha value is -2.11. The molecule has 0 saturated heterocycles. The molecule has 0 spiro atoms. The van der Waals surface area contributed by atoms with Gasteiger partial charge in [0.05, 0.1) is 0 Å². The number of rotatable bonds is 49. The van der Waals surface area contributed by atoms with Crippen LogP contribution >= 0.6 is 0 Å². The van der Waals surface area contributed by atoms with Crippen LogP contribution in [0.15, 0.2) is 24.3 Å². The average molecular weight is 859 g/mol. The largest absolute Gasteiger partial charge is 0.462 e. The van der Waals surface area contributed by atoms with Crippen molar-refractivity contribution in [3.8, 4) is 0 Å². The van der Waals surface area contributed by atoms with Crippen LogP contribution in [0.25, 0.3) is 0 Å². The molecule has 0 aromatic rings. The molecule has 6 heteroatoms. The van der Waals surface area contributed by atoms with E-state index >= 15 is 0 Å². The molecular weight excluding hydrogens is 757 g/mol. The Kier molecular flexibility index (Phi) is 48.8. The summed E-state index contributed by atoms with van der Waals surface area (Å²) in [5.41, 5.74) is 0. The molecular formula is C55H102O6. The number of ether oxygens (including phenoxy) is 3. The first-order valence-corrected chi connectivity index (χ1v) is 26.8. The summed E-state index contributed by atoms with van der Waals surface area (Å²) in [6.07, 6.45) is 57.5. The zero-order valence-corrected chi connectivity index (χ0v) is 40.9. The van der Waals surface area contributed by atoms with E-state index in [0.717, 1.165) is 51.4 Å². The molecule has 0 radical (unpaired) electrons. The van der Waals surface area contributed by atoms with Crippen molar-refractivity contribution in [2.24, 2.45) is 0 Å². The van der Waals surface area contributed by atoms with Gasteiger partial charge in [-0.3, -0.25) is 14.4 Å². The van der Waals surface area contributed by atoms with Gasteiger partial charge < -0.3 is 14.2 Å². The molecule has 358 valence electrons. The quantitative estimate of drug-likeness (QED) is 0.0262. The first-order valence-electron chi connectivity index (χ1n) is 26.8. The normalized spacial score (nSPS) is 12.1. The second-order valence-corrected chi connectivity index (χ2v) is 18.2. The molecule has 0 heterocycles. The van der Waals surface area contributed by atoms with Crippen molar-refractivity contribution < 1.29 is 28.6 Å². The number of allylic oxidation sites excluding steroid dienone is 4. The molecule has 0 amide bonds. The molecule has 0 aromatic heterocycles. The fourth-order valence-corrected chi connectivity index (χ4v) is 7.91. The Morgan fingerprint density at radius 1 is 0.328 bits per heavy atom. The fourth-order valence-electron chi connectivity index (χ4n) is 7.91. The first kappa shape index (κ1) is 58.9. The number of hydrogen-bond acceptors (Lipinski definition) is 6. The summed E-state index contributed by atoms with van der Waals surface area (Å²) in [5.74, 6) is -0.942. The van der Waals surface area contributed by atoms with Gasteiger partial charge in [-0.05, 0) is 38.5 Å². The average Bonchev–Trinajstić information content (AvgIpc) is 3.26. The van der Waals surface area contributed by atoms with E-state index in [9.17, 15) is 14.4 Å². The summed E-state index contributed by atoms with van der Waals surface area (Å²) < 4.78 is 16.7. The summed E-state index contributed by atoms with van der Waals surface area (Å²) in [4.78, 5) is 37.9. The van der Waals surface area contributed by atoms with Gasteiger partial charge in [0, 0.05) is 19.3 Å². The van der Waals surface area contributed by atoms with Gasteiger partial charge in [-0.15, -0.1) is 0 Å². The maximum atomic E-state index is 12.7. The minimum Gasteiger partial charge on any atom is -0.462 e. The molecule has 0 aromatic carbocycles. The van der Waals surface area contributed by atoms with Crippen molar-refractivity contribution in [3.05, 3.63) is 24.3 Å². The SMILES string of the molecule is CCCCCCCC/C=C\C/C=C\CCC(=O)OC(COC(=O)CCCCCCCCCCCCC)COC(=O)CCCCCCCCCCCCCCCCCCCCC. The van der Waals surface area contributed by atoms with Crippen LogP contribution in [0.5, 0.6) is 0 Å². The van der Waals surface area contributed by atoms with Crippen LogP contribution in [-0.4, -0.2) is 37.2 Å². The van der Waals surface area contributed by atoms with Crippen LogP contribution in [0.3, 0.4) is 0 Å². The number of carbonyl (C=O) groups is 3. The van der Waals surface area contributed by atoms with E-state index < -0.39 is 6.10 Å². The third kappa shape index (κ3) is 48.8. The Morgan fingerprint density at radius 2 is 0.623 bits per heavy atom. The number of unbranched alkanes of at least 4 members (excludes halogenated alkanes) is 34. The van der Waals surface area contributed by atoms with E-state index in [4.69, 9.17) is 14.2 Å². The number of carbonyl (C=O) groups excluding carboxylic acids is 3. The zero-order valence-electron chi connectivity index (χ0n) is 40.9. The molecule has 0 bridgehead atoms. The van der Waals surface area contributed by atoms with E-state index in [1.807, 2.05) is 6.08 Å². The monoisotopic (exact) mass is 859 g/mol. The standard InChI is InChI=1S/C55H102O6/c1-4-7-10-13-16-19-22-24-25-26-27-28-29-31-33-36-39-42-45-48-54(57)60-51-52(50-59-53(56)47-44-41-38-35-32-21-18-15-12-9-6-3)61-55(58)49-46-43-40-37-34-30-23-20-17-14-11-8-5-2/h30,34,40,43,52H,4-29,31-33,35-39,41-42,44-51H2,1-3H3/b34-30-,43-40-. The molecule has 0 aliphatic heterocycles. The highest BCUT2D eigenvalue weighted by molar-refractivity contribution is 5.71. The van der Waals surface area contributed by atoms with Crippen LogP contribution in [0.2, 0.25) is 0 Å². The van der Waals surface area contributed by atoms with Gasteiger partial charge in [0.25, 0.3) is 0 Å². The molecule has 1 unspecified atom stereocenters. The molecule has 61 heavy (non-hydrogen) atoms. The third-order valence-corrected chi connectivity index (χ3v) is 12.0. The predicted molar refractivity (Wildman–Crippen MR) is 261 cm³/mol. The van der Waals surface area contributed by atoms with Crippen molar-refractivity contribution in [3.63, 3.8) is 0 Å². The fraction of sp³-hybridized carbons (Fsp3) is 0.873. The lowest BCUT2D eigenvalue weighted by Gasteiger charge is -2.18. The van der Waals surface area contributed by atoms with Gasteiger partial charge in [-0.2, -0.15) is 0 Å². The van der Waals surface area contributed by atoms with E-state index in [-0.39, 0.29) is 37.5 Å². The van der Waals surface area contributed by atoms with Crippen LogP contribution in [0.4, 0.5) is 0 Å². The van der Waals surface area contributed by atoms with Gasteiger partial charge >= 0.3 is 17.9 Å². The van der Waals surface area contributed by atoms with Gasteiger partial charge in [0.1, 0.15) is 13.2 Å². The highest BCUT2D eigenvalue weighted by Crippen LogP contribution is 2.16. The maximum Gasteiger partial charge on any atom is 0.306 e. The molecule has 0 fully saturated rings. The highest BCUT2D eigenvalue weighted by Gasteiger charge is 2.19. The van der Waals surface area contributed by atoms with E-state index in [1.54, 1.807) is 0 Å². The molecule has 0 N–H and O–H groups in total. The molecule has 1 atom stereocenters. The van der Waals surface area contributed by atoms with E-state index in [2.05, 4.69) is 39.0 Å². The smallest absolute Gasteiger partial charge is 0.306 e. The van der Waals surface area contributed by atoms with Crippen LogP contribution < -0.4 is 0 Å². The topological polar surface area (TPSA) is 78.9 Å². The summed E-state index contributed by atoms with van der Waals surface area (Å²) in [6, 6.07) is 0. The minimum absolute atomic E-state index is 0.0886. The van der Waals surface area contributed by atoms with Crippen molar-refractivity contribution in [2.45, 2.75) is 297 Å². The van der Waals surface area contributed by atoms with E-state index in [1.165, 1.54) is 193 Å². The van der Waals surface area contributed by atoms with Crippen molar-refractivity contribution >= 4 is 17.9 Å². The van der Waals surface area contributed by atoms with Gasteiger partial charge in [-0.25, -0.2) is 0 Å². The minimum atomic E-state index is -0.795. The van der Waals surface area contributed by atoms with Crippen molar-refractivity contribution in [2.75, 3.05) is 13.2 Å². The van der Waals surface area contributed by atoms with Crippen LogP contribution in [0, 0.1) is 0 Å². The highest BCUT2D eigenvalue weighted by atomic mass is 16.6. The lowest BCUT2D eigenvalue weighted by atomic mass is 10.0. The number of esters is 3. The first-order chi connectivity index (χ1) is 30.0. The Balaban J connectivity index is 4.31. The molecule has 0 aliphatic rings. The van der Waals surface area contributed by atoms with E-state index in [0.29, 0.717) is 19.3 Å². The Morgan fingerprint density at radius 3 is 0.967 bits per heavy atom. The molecule has 0 aliphatic carbocycles. The van der Waals surface area contributed by atoms with Gasteiger partial charge in [-0.1, -0.05) is 257 Å². The van der Waals surface area contributed by atoms with Crippen LogP contribution in [0.1, 0.15) is 290 Å². The summed E-state index contributed by atoms with van der Waals surface area (Å²) in [6.45, 7) is 6.61. The lowest BCUT2D eigenvalue weighted by molar-refractivity contribution is -0.166. The zero-order chi connectivity index (χ0) is 44.4. The maximum absolute atomic E-state index is 12.7. The summed E-state index contributed by atoms with van der Waals surface area (Å²) >= 11 is 0. The lowest BCUT2D eigenvalue weighted by Crippen LogP contribution is -2.30. The molecule has 0 rings (SSSR count). The third-order valence-electron chi connectivity index (χ3n) is 12.0. The Labute approximate surface area is 379 Å². The summed E-state index contributed by atoms with van der Waals surface area (Å²) in [5, 5.41) is 0. The van der Waals surface area contributed by atoms with Crippen molar-refractivity contribution in [1.29, 1.82) is 0 Å². The second kappa shape index (κ2) is 50.5. The Bertz CT molecular complexity index is 989. The van der Waals surface area contributed by atoms with Gasteiger partial charge in [0.15, 0.2) is 6.10 Å².